The number of amides is 2. The summed E-state index contributed by atoms with van der Waals surface area (Å²) in [6.45, 7) is 4.22. The minimum Gasteiger partial charge on any atom is -0.335 e. The van der Waals surface area contributed by atoms with Gasteiger partial charge < -0.3 is 10.2 Å². The quantitative estimate of drug-likeness (QED) is 0.940. The van der Waals surface area contributed by atoms with Crippen molar-refractivity contribution in [2.24, 2.45) is 0 Å². The van der Waals surface area contributed by atoms with Crippen LogP contribution in [0.15, 0.2) is 48.5 Å². The van der Waals surface area contributed by atoms with Crippen LogP contribution in [0.2, 0.25) is 0 Å². The molecule has 1 aliphatic rings. The van der Waals surface area contributed by atoms with Crippen LogP contribution in [0, 0.1) is 6.92 Å². The zero-order valence-electron chi connectivity index (χ0n) is 14.1. The molecule has 0 saturated carbocycles. The molecule has 0 fully saturated rings. The zero-order valence-corrected chi connectivity index (χ0v) is 14.1. The number of rotatable bonds is 3. The van der Waals surface area contributed by atoms with Gasteiger partial charge in [-0.05, 0) is 42.2 Å². The minimum absolute atomic E-state index is 0.0119. The summed E-state index contributed by atoms with van der Waals surface area (Å²) in [4.78, 5) is 26.3. The van der Waals surface area contributed by atoms with Crippen molar-refractivity contribution in [1.29, 1.82) is 0 Å². The number of benzene rings is 2. The van der Waals surface area contributed by atoms with Gasteiger partial charge in [0.05, 0.1) is 12.5 Å². The maximum absolute atomic E-state index is 12.5. The summed E-state index contributed by atoms with van der Waals surface area (Å²) in [5.41, 5.74) is 4.20. The first-order valence-corrected chi connectivity index (χ1v) is 8.26. The van der Waals surface area contributed by atoms with Crippen molar-refractivity contribution in [3.05, 3.63) is 65.2 Å². The molecule has 0 aromatic heterocycles. The second-order valence-electron chi connectivity index (χ2n) is 6.30. The SMILES string of the molecule is CC(=O)N1CCc2ccccc2C1CC(=O)Nc1cccc(C)c1. The number of fused-ring (bicyclic) bond motifs is 1. The Morgan fingerprint density at radius 1 is 1.17 bits per heavy atom. The third-order valence-electron chi connectivity index (χ3n) is 4.50. The lowest BCUT2D eigenvalue weighted by atomic mass is 9.90. The van der Waals surface area contributed by atoms with Gasteiger partial charge in [0.2, 0.25) is 11.8 Å². The Kier molecular flexibility index (Phi) is 4.65. The van der Waals surface area contributed by atoms with Crippen LogP contribution in [0.5, 0.6) is 0 Å². The summed E-state index contributed by atoms with van der Waals surface area (Å²) in [5.74, 6) is -0.0635. The highest BCUT2D eigenvalue weighted by molar-refractivity contribution is 5.91. The lowest BCUT2D eigenvalue weighted by Gasteiger charge is -2.36. The van der Waals surface area contributed by atoms with Crippen LogP contribution in [-0.4, -0.2) is 23.3 Å². The Morgan fingerprint density at radius 3 is 2.71 bits per heavy atom. The molecule has 1 N–H and O–H groups in total. The molecule has 0 saturated heterocycles. The Bertz CT molecular complexity index is 770. The second-order valence-corrected chi connectivity index (χ2v) is 6.30. The van der Waals surface area contributed by atoms with E-state index in [9.17, 15) is 9.59 Å². The summed E-state index contributed by atoms with van der Waals surface area (Å²) in [5, 5.41) is 2.94. The normalized spacial score (nSPS) is 16.4. The molecule has 3 rings (SSSR count). The number of hydrogen-bond donors (Lipinski definition) is 1. The Balaban J connectivity index is 1.80. The van der Waals surface area contributed by atoms with E-state index >= 15 is 0 Å². The third kappa shape index (κ3) is 3.48. The van der Waals surface area contributed by atoms with E-state index in [0.717, 1.165) is 23.2 Å². The lowest BCUT2D eigenvalue weighted by molar-refractivity contribution is -0.132. The molecule has 1 heterocycles. The fourth-order valence-electron chi connectivity index (χ4n) is 3.36. The number of carbonyl (C=O) groups excluding carboxylic acids is 2. The first-order valence-electron chi connectivity index (χ1n) is 8.26. The van der Waals surface area contributed by atoms with Crippen LogP contribution in [0.1, 0.15) is 36.1 Å². The van der Waals surface area contributed by atoms with E-state index in [1.165, 1.54) is 5.56 Å². The number of nitrogens with one attached hydrogen (secondary N) is 1. The van der Waals surface area contributed by atoms with E-state index in [1.807, 2.05) is 49.4 Å². The molecule has 2 aromatic carbocycles. The van der Waals surface area contributed by atoms with E-state index < -0.39 is 0 Å². The molecule has 0 radical (unpaired) electrons. The molecule has 0 spiro atoms. The number of nitrogens with zero attached hydrogens (tertiary/aromatic N) is 1. The van der Waals surface area contributed by atoms with E-state index in [-0.39, 0.29) is 24.3 Å². The summed E-state index contributed by atoms with van der Waals surface area (Å²) in [6, 6.07) is 15.6. The van der Waals surface area contributed by atoms with Gasteiger partial charge >= 0.3 is 0 Å². The molecule has 1 unspecified atom stereocenters. The fourth-order valence-corrected chi connectivity index (χ4v) is 3.36. The molecular weight excluding hydrogens is 300 g/mol. The predicted molar refractivity (Wildman–Crippen MR) is 94.7 cm³/mol. The largest absolute Gasteiger partial charge is 0.335 e. The van der Waals surface area contributed by atoms with Gasteiger partial charge in [-0.25, -0.2) is 0 Å². The Labute approximate surface area is 142 Å². The molecule has 24 heavy (non-hydrogen) atoms. The van der Waals surface area contributed by atoms with Crippen LogP contribution in [0.25, 0.3) is 0 Å². The fraction of sp³-hybridized carbons (Fsp3) is 0.300. The summed E-state index contributed by atoms with van der Waals surface area (Å²) >= 11 is 0. The average Bonchev–Trinajstić information content (AvgIpc) is 2.54. The van der Waals surface area contributed by atoms with Crippen LogP contribution in [-0.2, 0) is 16.0 Å². The van der Waals surface area contributed by atoms with Gasteiger partial charge in [0.1, 0.15) is 0 Å². The highest BCUT2D eigenvalue weighted by Crippen LogP contribution is 2.32. The maximum atomic E-state index is 12.5. The van der Waals surface area contributed by atoms with E-state index in [4.69, 9.17) is 0 Å². The molecule has 4 heteroatoms. The van der Waals surface area contributed by atoms with Crippen molar-refractivity contribution < 1.29 is 9.59 Å². The summed E-state index contributed by atoms with van der Waals surface area (Å²) in [6.07, 6.45) is 1.11. The molecule has 4 nitrogen and oxygen atoms in total. The molecule has 2 aromatic rings. The van der Waals surface area contributed by atoms with Gasteiger partial charge in [-0.1, -0.05) is 36.4 Å². The van der Waals surface area contributed by atoms with Crippen molar-refractivity contribution >= 4 is 17.5 Å². The zero-order chi connectivity index (χ0) is 17.1. The highest BCUT2D eigenvalue weighted by atomic mass is 16.2. The van der Waals surface area contributed by atoms with Crippen LogP contribution in [0.4, 0.5) is 5.69 Å². The predicted octanol–water partition coefficient (Wildman–Crippen LogP) is 3.47. The van der Waals surface area contributed by atoms with Gasteiger partial charge in [-0.3, -0.25) is 9.59 Å². The molecular formula is C20H22N2O2. The molecule has 1 atom stereocenters. The average molecular weight is 322 g/mol. The molecule has 0 bridgehead atoms. The standard InChI is InChI=1S/C20H22N2O2/c1-14-6-5-8-17(12-14)21-20(24)13-19-18-9-4-3-7-16(18)10-11-22(19)15(2)23/h3-9,12,19H,10-11,13H2,1-2H3,(H,21,24). The van der Waals surface area contributed by atoms with Crippen molar-refractivity contribution in [1.82, 2.24) is 4.90 Å². The number of carbonyl (C=O) groups is 2. The highest BCUT2D eigenvalue weighted by Gasteiger charge is 2.30. The minimum atomic E-state index is -0.197. The van der Waals surface area contributed by atoms with Gasteiger partial charge in [0.25, 0.3) is 0 Å². The summed E-state index contributed by atoms with van der Waals surface area (Å²) in [7, 11) is 0. The first kappa shape index (κ1) is 16.2. The van der Waals surface area contributed by atoms with Crippen LogP contribution in [0.3, 0.4) is 0 Å². The molecule has 0 aliphatic carbocycles. The monoisotopic (exact) mass is 322 g/mol. The molecule has 2 amide bonds. The molecule has 1 aliphatic heterocycles. The van der Waals surface area contributed by atoms with E-state index in [0.29, 0.717) is 6.54 Å². The van der Waals surface area contributed by atoms with Crippen molar-refractivity contribution in [2.45, 2.75) is 32.7 Å². The third-order valence-corrected chi connectivity index (χ3v) is 4.50. The van der Waals surface area contributed by atoms with Gasteiger partial charge in [-0.15, -0.1) is 0 Å². The lowest BCUT2D eigenvalue weighted by Crippen LogP contribution is -2.40. The van der Waals surface area contributed by atoms with Gasteiger partial charge in [-0.2, -0.15) is 0 Å². The first-order chi connectivity index (χ1) is 11.5. The Hall–Kier alpha value is -2.62. The Morgan fingerprint density at radius 2 is 1.96 bits per heavy atom. The van der Waals surface area contributed by atoms with E-state index in [1.54, 1.807) is 11.8 Å². The number of anilines is 1. The maximum Gasteiger partial charge on any atom is 0.226 e. The van der Waals surface area contributed by atoms with Crippen molar-refractivity contribution in [3.8, 4) is 0 Å². The topological polar surface area (TPSA) is 49.4 Å². The van der Waals surface area contributed by atoms with Crippen molar-refractivity contribution in [2.75, 3.05) is 11.9 Å². The van der Waals surface area contributed by atoms with E-state index in [2.05, 4.69) is 11.4 Å². The van der Waals surface area contributed by atoms with Crippen LogP contribution >= 0.6 is 0 Å². The smallest absolute Gasteiger partial charge is 0.226 e. The van der Waals surface area contributed by atoms with Gasteiger partial charge in [0, 0.05) is 19.2 Å². The summed E-state index contributed by atoms with van der Waals surface area (Å²) < 4.78 is 0. The molecule has 124 valence electrons. The second kappa shape index (κ2) is 6.87. The van der Waals surface area contributed by atoms with Crippen molar-refractivity contribution in [3.63, 3.8) is 0 Å². The van der Waals surface area contributed by atoms with Gasteiger partial charge in [0.15, 0.2) is 0 Å². The number of aryl methyl sites for hydroxylation is 1. The van der Waals surface area contributed by atoms with Crippen LogP contribution < -0.4 is 5.32 Å². The number of hydrogen-bond acceptors (Lipinski definition) is 2.